The van der Waals surface area contributed by atoms with Crippen LogP contribution in [0.4, 0.5) is 15.3 Å². The van der Waals surface area contributed by atoms with Crippen molar-refractivity contribution in [2.24, 2.45) is 5.73 Å². The molecule has 1 heterocycles. The number of non-ortho nitro benzene ring substituents is 1. The first-order chi connectivity index (χ1) is 12.8. The predicted octanol–water partition coefficient (Wildman–Crippen LogP) is 0.274. The quantitative estimate of drug-likeness (QED) is 0.286. The Labute approximate surface area is 155 Å². The van der Waals surface area contributed by atoms with E-state index >= 15 is 0 Å². The molecule has 0 spiro atoms. The molecular weight excluding hydrogens is 358 g/mol. The fourth-order valence-electron chi connectivity index (χ4n) is 2.81. The van der Waals surface area contributed by atoms with Gasteiger partial charge >= 0.3 is 12.1 Å². The number of hydrogen-bond acceptors (Lipinski definition) is 7. The number of nitrogens with two attached hydrogens (primary N) is 1. The molecule has 11 nitrogen and oxygen atoms in total. The van der Waals surface area contributed by atoms with E-state index in [4.69, 9.17) is 10.5 Å². The number of nitro groups is 1. The monoisotopic (exact) mass is 381 g/mol. The molecule has 5 N–H and O–H groups in total. The summed E-state index contributed by atoms with van der Waals surface area (Å²) in [5.74, 6) is 0. The van der Waals surface area contributed by atoms with Crippen LogP contribution in [0.15, 0.2) is 24.3 Å². The van der Waals surface area contributed by atoms with Gasteiger partial charge in [0, 0.05) is 38.3 Å². The lowest BCUT2D eigenvalue weighted by Gasteiger charge is -2.33. The van der Waals surface area contributed by atoms with Crippen LogP contribution in [0.5, 0.6) is 0 Å². The van der Waals surface area contributed by atoms with Crippen LogP contribution >= 0.6 is 0 Å². The van der Waals surface area contributed by atoms with Gasteiger partial charge in [-0.2, -0.15) is 0 Å². The van der Waals surface area contributed by atoms with Crippen molar-refractivity contribution in [3.63, 3.8) is 0 Å². The Morgan fingerprint density at radius 3 is 2.67 bits per heavy atom. The van der Waals surface area contributed by atoms with Crippen LogP contribution in [-0.4, -0.2) is 59.0 Å². The summed E-state index contributed by atoms with van der Waals surface area (Å²) in [6.07, 6.45) is 0.366. The Hall–Kier alpha value is -2.92. The first-order valence-corrected chi connectivity index (χ1v) is 8.46. The molecule has 3 amide bonds. The third-order valence-electron chi connectivity index (χ3n) is 4.20. The van der Waals surface area contributed by atoms with Crippen molar-refractivity contribution in [2.45, 2.75) is 25.2 Å². The van der Waals surface area contributed by atoms with Crippen molar-refractivity contribution in [1.82, 2.24) is 15.5 Å². The topological polar surface area (TPSA) is 160 Å². The first kappa shape index (κ1) is 20.4. The normalized spacial score (nSPS) is 18.9. The molecule has 1 atom stereocenters. The second-order valence-corrected chi connectivity index (χ2v) is 6.18. The van der Waals surface area contributed by atoms with E-state index in [0.717, 1.165) is 0 Å². The highest BCUT2D eigenvalue weighted by molar-refractivity contribution is 5.71. The highest BCUT2D eigenvalue weighted by atomic mass is 16.6. The number of aliphatic hydroxyl groups is 1. The molecule has 11 heteroatoms. The van der Waals surface area contributed by atoms with E-state index in [0.29, 0.717) is 38.0 Å². The minimum absolute atomic E-state index is 0.0455. The number of amides is 3. The maximum absolute atomic E-state index is 12.3. The lowest BCUT2D eigenvalue weighted by atomic mass is 10.1. The molecule has 1 unspecified atom stereocenters. The number of primary amides is 1. The second-order valence-electron chi connectivity index (χ2n) is 6.18. The highest BCUT2D eigenvalue weighted by Crippen LogP contribution is 2.27. The molecule has 1 aliphatic heterocycles. The Bertz CT molecular complexity index is 682. The SMILES string of the molecule is NC(=O)NCCNCC1(O)CCCN1C(=O)OCc1ccc([N+](=O)[O-])cc1. The number of carbonyl (C=O) groups is 2. The van der Waals surface area contributed by atoms with Gasteiger partial charge in [0.15, 0.2) is 5.72 Å². The number of carbonyl (C=O) groups excluding carboxylic acids is 2. The Kier molecular flexibility index (Phi) is 6.91. The number of nitrogens with zero attached hydrogens (tertiary/aromatic N) is 2. The Morgan fingerprint density at radius 1 is 1.33 bits per heavy atom. The molecule has 0 aromatic heterocycles. The highest BCUT2D eigenvalue weighted by Gasteiger charge is 2.42. The van der Waals surface area contributed by atoms with Crippen LogP contribution < -0.4 is 16.4 Å². The number of rotatable bonds is 8. The van der Waals surface area contributed by atoms with Gasteiger partial charge in [-0.05, 0) is 30.5 Å². The average molecular weight is 381 g/mol. The van der Waals surface area contributed by atoms with E-state index in [2.05, 4.69) is 10.6 Å². The lowest BCUT2D eigenvalue weighted by Crippen LogP contribution is -2.54. The standard InChI is InChI=1S/C16H23N5O6/c17-14(22)19-8-7-18-11-16(24)6-1-9-20(16)15(23)27-10-12-2-4-13(5-3-12)21(25)26/h2-5,18,24H,1,6-11H2,(H3,17,19,22). The molecule has 27 heavy (non-hydrogen) atoms. The van der Waals surface area contributed by atoms with E-state index in [1.54, 1.807) is 0 Å². The van der Waals surface area contributed by atoms with E-state index in [-0.39, 0.29) is 18.8 Å². The van der Waals surface area contributed by atoms with E-state index in [1.807, 2.05) is 0 Å². The van der Waals surface area contributed by atoms with E-state index < -0.39 is 22.8 Å². The molecule has 0 saturated carbocycles. The van der Waals surface area contributed by atoms with Gasteiger partial charge in [-0.3, -0.25) is 15.0 Å². The van der Waals surface area contributed by atoms with Gasteiger partial charge < -0.3 is 26.2 Å². The summed E-state index contributed by atoms with van der Waals surface area (Å²) in [6.45, 7) is 1.11. The summed E-state index contributed by atoms with van der Waals surface area (Å²) < 4.78 is 5.22. The maximum Gasteiger partial charge on any atom is 0.412 e. The zero-order chi connectivity index (χ0) is 19.9. The fourth-order valence-corrected chi connectivity index (χ4v) is 2.81. The van der Waals surface area contributed by atoms with Crippen molar-refractivity contribution in [3.05, 3.63) is 39.9 Å². The van der Waals surface area contributed by atoms with Gasteiger partial charge in [-0.1, -0.05) is 0 Å². The minimum atomic E-state index is -1.38. The molecule has 1 fully saturated rings. The smallest absolute Gasteiger partial charge is 0.412 e. The number of likely N-dealkylation sites (tertiary alicyclic amines) is 1. The number of hydrogen-bond donors (Lipinski definition) is 4. The lowest BCUT2D eigenvalue weighted by molar-refractivity contribution is -0.384. The van der Waals surface area contributed by atoms with Crippen LogP contribution in [0.3, 0.4) is 0 Å². The molecule has 1 saturated heterocycles. The van der Waals surface area contributed by atoms with Gasteiger partial charge in [-0.25, -0.2) is 9.59 Å². The molecule has 2 rings (SSSR count). The molecule has 0 radical (unpaired) electrons. The van der Waals surface area contributed by atoms with Gasteiger partial charge in [-0.15, -0.1) is 0 Å². The number of ether oxygens (including phenoxy) is 1. The Morgan fingerprint density at radius 2 is 2.04 bits per heavy atom. The third-order valence-corrected chi connectivity index (χ3v) is 4.20. The van der Waals surface area contributed by atoms with E-state index in [1.165, 1.54) is 29.2 Å². The molecule has 0 aliphatic carbocycles. The van der Waals surface area contributed by atoms with Crippen LogP contribution in [-0.2, 0) is 11.3 Å². The first-order valence-electron chi connectivity index (χ1n) is 8.46. The predicted molar refractivity (Wildman–Crippen MR) is 94.6 cm³/mol. The van der Waals surface area contributed by atoms with Crippen molar-refractivity contribution < 1.29 is 24.4 Å². The molecular formula is C16H23N5O6. The summed E-state index contributed by atoms with van der Waals surface area (Å²) in [5, 5.41) is 26.7. The zero-order valence-electron chi connectivity index (χ0n) is 14.7. The molecule has 0 bridgehead atoms. The average Bonchev–Trinajstić information content (AvgIpc) is 3.01. The maximum atomic E-state index is 12.3. The van der Waals surface area contributed by atoms with Crippen LogP contribution in [0.25, 0.3) is 0 Å². The molecule has 1 aliphatic rings. The number of urea groups is 1. The summed E-state index contributed by atoms with van der Waals surface area (Å²) in [4.78, 5) is 34.3. The number of nitro benzene ring substituents is 1. The Balaban J connectivity index is 1.82. The zero-order valence-corrected chi connectivity index (χ0v) is 14.7. The summed E-state index contributed by atoms with van der Waals surface area (Å²) in [7, 11) is 0. The fraction of sp³-hybridized carbons (Fsp3) is 0.500. The summed E-state index contributed by atoms with van der Waals surface area (Å²) in [5.41, 5.74) is 4.14. The largest absolute Gasteiger partial charge is 0.444 e. The van der Waals surface area contributed by atoms with E-state index in [9.17, 15) is 24.8 Å². The summed E-state index contributed by atoms with van der Waals surface area (Å²) in [6, 6.07) is 5.05. The molecule has 148 valence electrons. The van der Waals surface area contributed by atoms with Crippen LogP contribution in [0, 0.1) is 10.1 Å². The van der Waals surface area contributed by atoms with Gasteiger partial charge in [0.05, 0.1) is 4.92 Å². The summed E-state index contributed by atoms with van der Waals surface area (Å²) >= 11 is 0. The van der Waals surface area contributed by atoms with Crippen molar-refractivity contribution >= 4 is 17.8 Å². The van der Waals surface area contributed by atoms with Gasteiger partial charge in [0.2, 0.25) is 0 Å². The van der Waals surface area contributed by atoms with Crippen molar-refractivity contribution in [1.29, 1.82) is 0 Å². The molecule has 1 aromatic rings. The van der Waals surface area contributed by atoms with Gasteiger partial charge in [0.1, 0.15) is 6.61 Å². The van der Waals surface area contributed by atoms with Crippen molar-refractivity contribution in [2.75, 3.05) is 26.2 Å². The minimum Gasteiger partial charge on any atom is -0.444 e. The number of benzene rings is 1. The third kappa shape index (κ3) is 5.79. The van der Waals surface area contributed by atoms with Crippen LogP contribution in [0.2, 0.25) is 0 Å². The van der Waals surface area contributed by atoms with Crippen LogP contribution in [0.1, 0.15) is 18.4 Å². The van der Waals surface area contributed by atoms with Crippen molar-refractivity contribution in [3.8, 4) is 0 Å². The second kappa shape index (κ2) is 9.14. The molecule has 1 aromatic carbocycles. The van der Waals surface area contributed by atoms with Gasteiger partial charge in [0.25, 0.3) is 5.69 Å². The number of nitrogens with one attached hydrogen (secondary N) is 2.